The molecule has 0 unspecified atom stereocenters. The number of fused-ring (bicyclic) bond motifs is 2. The summed E-state index contributed by atoms with van der Waals surface area (Å²) < 4.78 is 12.9. The Kier molecular flexibility index (Phi) is 4.64. The van der Waals surface area contributed by atoms with Gasteiger partial charge in [0.25, 0.3) is 0 Å². The van der Waals surface area contributed by atoms with Gasteiger partial charge >= 0.3 is 17.8 Å². The Morgan fingerprint density at radius 1 is 1.14 bits per heavy atom. The van der Waals surface area contributed by atoms with Crippen LogP contribution in [0.4, 0.5) is 14.9 Å². The Hall–Kier alpha value is -2.77. The quantitative estimate of drug-likeness (QED) is 0.621. The molecule has 1 aromatic rings. The first-order valence-corrected chi connectivity index (χ1v) is 9.59. The zero-order valence-electron chi connectivity index (χ0n) is 15.6. The zero-order chi connectivity index (χ0) is 20.0. The van der Waals surface area contributed by atoms with Gasteiger partial charge in [0.2, 0.25) is 5.91 Å². The van der Waals surface area contributed by atoms with E-state index in [4.69, 9.17) is 0 Å². The molecule has 2 bridgehead atoms. The van der Waals surface area contributed by atoms with Gasteiger partial charge < -0.3 is 5.32 Å². The van der Waals surface area contributed by atoms with Crippen LogP contribution in [0, 0.1) is 23.6 Å². The normalized spacial score (nSPS) is 27.6. The molecule has 1 aromatic carbocycles. The van der Waals surface area contributed by atoms with Crippen LogP contribution in [0.25, 0.3) is 0 Å². The van der Waals surface area contributed by atoms with Gasteiger partial charge in [0, 0.05) is 11.7 Å². The maximum Gasteiger partial charge on any atom is 0.334 e. The Balaban J connectivity index is 1.43. The summed E-state index contributed by atoms with van der Waals surface area (Å²) in [4.78, 5) is 51.4. The molecule has 8 heteroatoms. The van der Waals surface area contributed by atoms with E-state index in [9.17, 15) is 23.6 Å². The van der Waals surface area contributed by atoms with Crippen molar-refractivity contribution in [3.8, 4) is 0 Å². The number of amides is 5. The summed E-state index contributed by atoms with van der Waals surface area (Å²) >= 11 is 0. The smallest absolute Gasteiger partial charge is 0.325 e. The van der Waals surface area contributed by atoms with E-state index in [1.165, 1.54) is 30.7 Å². The molecule has 3 fully saturated rings. The number of rotatable bonds is 5. The second-order valence-electron chi connectivity index (χ2n) is 7.98. The monoisotopic (exact) mass is 387 g/mol. The van der Waals surface area contributed by atoms with Gasteiger partial charge in [-0.3, -0.25) is 19.3 Å². The van der Waals surface area contributed by atoms with Crippen LogP contribution < -0.4 is 5.32 Å². The molecule has 1 aliphatic heterocycles. The molecular weight excluding hydrogens is 365 g/mol. The van der Waals surface area contributed by atoms with Gasteiger partial charge in [-0.25, -0.2) is 14.1 Å². The molecular formula is C20H22FN3O4. The van der Waals surface area contributed by atoms with E-state index in [2.05, 4.69) is 5.32 Å². The van der Waals surface area contributed by atoms with Crippen LogP contribution in [0.2, 0.25) is 0 Å². The van der Waals surface area contributed by atoms with Gasteiger partial charge in [-0.2, -0.15) is 0 Å². The van der Waals surface area contributed by atoms with Crippen LogP contribution in [0.1, 0.15) is 32.6 Å². The maximum absolute atomic E-state index is 12.9. The number of carbonyl (C=O) groups is 4. The minimum Gasteiger partial charge on any atom is -0.325 e. The van der Waals surface area contributed by atoms with Gasteiger partial charge in [-0.15, -0.1) is 0 Å². The van der Waals surface area contributed by atoms with Crippen LogP contribution in [-0.2, 0) is 14.4 Å². The molecule has 148 valence electrons. The first-order valence-electron chi connectivity index (χ1n) is 9.59. The van der Waals surface area contributed by atoms with E-state index in [0.717, 1.165) is 24.2 Å². The minimum atomic E-state index is -0.978. The lowest BCUT2D eigenvalue weighted by Gasteiger charge is -2.32. The van der Waals surface area contributed by atoms with Crippen molar-refractivity contribution in [1.82, 2.24) is 9.80 Å². The third-order valence-corrected chi connectivity index (χ3v) is 6.33. The van der Waals surface area contributed by atoms with Crippen LogP contribution >= 0.6 is 0 Å². The Morgan fingerprint density at radius 2 is 1.86 bits per heavy atom. The number of nitrogens with zero attached hydrogens (tertiary/aromatic N) is 2. The highest BCUT2D eigenvalue weighted by molar-refractivity contribution is 6.45. The zero-order valence-corrected chi connectivity index (χ0v) is 15.6. The molecule has 4 rings (SSSR count). The first-order chi connectivity index (χ1) is 13.3. The van der Waals surface area contributed by atoms with E-state index >= 15 is 0 Å². The van der Waals surface area contributed by atoms with Crippen LogP contribution in [0.3, 0.4) is 0 Å². The third kappa shape index (κ3) is 3.16. The number of urea groups is 1. The molecule has 28 heavy (non-hydrogen) atoms. The fraction of sp³-hybridized carbons (Fsp3) is 0.500. The summed E-state index contributed by atoms with van der Waals surface area (Å²) in [6.07, 6.45) is 4.41. The Labute approximate surface area is 161 Å². The maximum atomic E-state index is 12.9. The third-order valence-electron chi connectivity index (χ3n) is 6.33. The second kappa shape index (κ2) is 7.00. The predicted molar refractivity (Wildman–Crippen MR) is 97.4 cm³/mol. The lowest BCUT2D eigenvalue weighted by molar-refractivity contribution is -0.144. The lowest BCUT2D eigenvalue weighted by Crippen LogP contribution is -2.45. The number of hydrogen-bond donors (Lipinski definition) is 1. The van der Waals surface area contributed by atoms with Gasteiger partial charge in [0.1, 0.15) is 12.4 Å². The molecule has 1 saturated heterocycles. The van der Waals surface area contributed by atoms with Gasteiger partial charge in [0.15, 0.2) is 0 Å². The van der Waals surface area contributed by atoms with E-state index in [1.807, 2.05) is 6.92 Å². The number of hydrogen-bond acceptors (Lipinski definition) is 4. The number of anilines is 1. The molecule has 1 N–H and O–H groups in total. The number of halogens is 1. The number of imide groups is 2. The fourth-order valence-electron chi connectivity index (χ4n) is 4.97. The highest BCUT2D eigenvalue weighted by Crippen LogP contribution is 2.50. The van der Waals surface area contributed by atoms with Crippen molar-refractivity contribution < 1.29 is 23.6 Å². The van der Waals surface area contributed by atoms with Crippen molar-refractivity contribution in [2.45, 2.75) is 38.6 Å². The molecule has 0 radical (unpaired) electrons. The van der Waals surface area contributed by atoms with E-state index < -0.39 is 36.1 Å². The standard InChI is InChI=1S/C20H22FN3O4/c1-11(16-9-12-2-3-13(16)8-12)24-19(27)18(26)23(20(24)28)10-17(25)22-15-6-4-14(21)5-7-15/h4-7,11-13,16H,2-3,8-10H2,1H3,(H,22,25)/t11-,12+,13+,16+/m1/s1. The van der Waals surface area contributed by atoms with E-state index in [1.54, 1.807) is 0 Å². The van der Waals surface area contributed by atoms with Crippen molar-refractivity contribution in [1.29, 1.82) is 0 Å². The van der Waals surface area contributed by atoms with Crippen molar-refractivity contribution in [3.05, 3.63) is 30.1 Å². The van der Waals surface area contributed by atoms with Crippen LogP contribution in [0.15, 0.2) is 24.3 Å². The molecule has 4 atom stereocenters. The van der Waals surface area contributed by atoms with Crippen LogP contribution in [0.5, 0.6) is 0 Å². The van der Waals surface area contributed by atoms with Gasteiger partial charge in [-0.05, 0) is 68.2 Å². The molecule has 2 aliphatic carbocycles. The molecule has 0 spiro atoms. The summed E-state index contributed by atoms with van der Waals surface area (Å²) in [6, 6.07) is 4.02. The summed E-state index contributed by atoms with van der Waals surface area (Å²) in [5, 5.41) is 2.49. The summed E-state index contributed by atoms with van der Waals surface area (Å²) in [5.74, 6) is -1.56. The SMILES string of the molecule is C[C@H]([C@@H]1C[C@H]2CC[C@H]1C2)N1C(=O)C(=O)N(CC(=O)Nc2ccc(F)cc2)C1=O. The summed E-state index contributed by atoms with van der Waals surface area (Å²) in [6.45, 7) is 1.26. The fourth-order valence-corrected chi connectivity index (χ4v) is 4.97. The molecule has 2 saturated carbocycles. The van der Waals surface area contributed by atoms with Crippen molar-refractivity contribution in [2.24, 2.45) is 17.8 Å². The van der Waals surface area contributed by atoms with Gasteiger partial charge in [-0.1, -0.05) is 6.42 Å². The molecule has 5 amide bonds. The number of benzene rings is 1. The summed E-state index contributed by atoms with van der Waals surface area (Å²) in [5.41, 5.74) is 0.337. The van der Waals surface area contributed by atoms with Crippen molar-refractivity contribution in [3.63, 3.8) is 0 Å². The summed E-state index contributed by atoms with van der Waals surface area (Å²) in [7, 11) is 0. The number of carbonyl (C=O) groups excluding carboxylic acids is 4. The van der Waals surface area contributed by atoms with Crippen LogP contribution in [-0.4, -0.2) is 46.1 Å². The first kappa shape index (κ1) is 18.6. The molecule has 7 nitrogen and oxygen atoms in total. The molecule has 3 aliphatic rings. The minimum absolute atomic E-state index is 0.215. The van der Waals surface area contributed by atoms with Gasteiger partial charge in [0.05, 0.1) is 0 Å². The Morgan fingerprint density at radius 3 is 2.46 bits per heavy atom. The molecule has 1 heterocycles. The number of nitrogens with one attached hydrogen (secondary N) is 1. The molecule has 0 aromatic heterocycles. The van der Waals surface area contributed by atoms with E-state index in [0.29, 0.717) is 22.4 Å². The largest absolute Gasteiger partial charge is 0.334 e. The average molecular weight is 387 g/mol. The highest BCUT2D eigenvalue weighted by Gasteiger charge is 2.52. The second-order valence-corrected chi connectivity index (χ2v) is 7.98. The van der Waals surface area contributed by atoms with Crippen molar-refractivity contribution >= 4 is 29.4 Å². The van der Waals surface area contributed by atoms with E-state index in [-0.39, 0.29) is 12.0 Å². The van der Waals surface area contributed by atoms with Crippen molar-refractivity contribution in [2.75, 3.05) is 11.9 Å². The average Bonchev–Trinajstić information content (AvgIpc) is 3.35. The predicted octanol–water partition coefficient (Wildman–Crippen LogP) is 2.38. The topological polar surface area (TPSA) is 86.8 Å². The highest BCUT2D eigenvalue weighted by atomic mass is 19.1. The Bertz CT molecular complexity index is 840. The lowest BCUT2D eigenvalue weighted by atomic mass is 9.83.